The van der Waals surface area contributed by atoms with Gasteiger partial charge in [0, 0.05) is 35.8 Å². The molecule has 0 N–H and O–H groups in total. The van der Waals surface area contributed by atoms with E-state index in [0.717, 1.165) is 50.9 Å². The van der Waals surface area contributed by atoms with Crippen LogP contribution in [0.5, 0.6) is 11.5 Å². The molecule has 1 aliphatic heterocycles. The minimum Gasteiger partial charge on any atom is -0.496 e. The maximum absolute atomic E-state index is 13.6. The summed E-state index contributed by atoms with van der Waals surface area (Å²) < 4.78 is 13.6. The summed E-state index contributed by atoms with van der Waals surface area (Å²) in [5, 5.41) is 2.04. The van der Waals surface area contributed by atoms with E-state index in [9.17, 15) is 4.79 Å². The van der Waals surface area contributed by atoms with Crippen molar-refractivity contribution in [1.82, 2.24) is 14.5 Å². The van der Waals surface area contributed by atoms with E-state index >= 15 is 0 Å². The predicted octanol–water partition coefficient (Wildman–Crippen LogP) is 6.39. The Morgan fingerprint density at radius 3 is 2.42 bits per heavy atom. The van der Waals surface area contributed by atoms with E-state index in [1.54, 1.807) is 30.5 Å². The van der Waals surface area contributed by atoms with E-state index in [0.29, 0.717) is 12.4 Å². The van der Waals surface area contributed by atoms with Crippen molar-refractivity contribution < 1.29 is 14.3 Å². The van der Waals surface area contributed by atoms with Crippen LogP contribution in [0.25, 0.3) is 33.0 Å². The number of nitrogens with zero attached hydrogens (tertiary/aromatic N) is 3. The van der Waals surface area contributed by atoms with Crippen LogP contribution in [0.2, 0.25) is 0 Å². The number of fused-ring (bicyclic) bond motifs is 3. The largest absolute Gasteiger partial charge is 0.496 e. The van der Waals surface area contributed by atoms with Crippen LogP contribution >= 0.6 is 11.3 Å². The Labute approximate surface area is 216 Å². The summed E-state index contributed by atoms with van der Waals surface area (Å²) in [7, 11) is 5.22. The minimum atomic E-state index is -0.316. The fourth-order valence-corrected chi connectivity index (χ4v) is 5.39. The van der Waals surface area contributed by atoms with E-state index in [2.05, 4.69) is 22.8 Å². The molecule has 0 spiro atoms. The van der Waals surface area contributed by atoms with Crippen molar-refractivity contribution in [2.75, 3.05) is 21.3 Å². The zero-order valence-corrected chi connectivity index (χ0v) is 22.4. The van der Waals surface area contributed by atoms with Gasteiger partial charge in [0.15, 0.2) is 5.82 Å². The second kappa shape index (κ2) is 9.13. The SMILES string of the molecule is COc1ccccc1-c1cc2c(cc1OC)CCn1c(C(=O)N(C)C(C)(C)C)nc(-c3cccs3)c1-2. The third-order valence-corrected chi connectivity index (χ3v) is 7.78. The highest BCUT2D eigenvalue weighted by Gasteiger charge is 2.33. The number of aryl methyl sites for hydroxylation is 1. The van der Waals surface area contributed by atoms with Gasteiger partial charge in [0.05, 0.1) is 24.8 Å². The van der Waals surface area contributed by atoms with Crippen LogP contribution in [0, 0.1) is 0 Å². The molecule has 3 heterocycles. The molecule has 1 amide bonds. The van der Waals surface area contributed by atoms with Crippen molar-refractivity contribution >= 4 is 17.2 Å². The molecule has 5 rings (SSSR count). The summed E-state index contributed by atoms with van der Waals surface area (Å²) >= 11 is 1.63. The third kappa shape index (κ3) is 3.97. The summed E-state index contributed by atoms with van der Waals surface area (Å²) in [6.45, 7) is 6.78. The van der Waals surface area contributed by atoms with Crippen molar-refractivity contribution in [2.45, 2.75) is 39.3 Å². The zero-order chi connectivity index (χ0) is 25.6. The molecule has 0 atom stereocenters. The number of carbonyl (C=O) groups excluding carboxylic acids is 1. The Balaban J connectivity index is 1.76. The van der Waals surface area contributed by atoms with Crippen LogP contribution < -0.4 is 9.47 Å². The van der Waals surface area contributed by atoms with Crippen LogP contribution in [0.15, 0.2) is 53.9 Å². The molecule has 0 saturated heterocycles. The molecule has 36 heavy (non-hydrogen) atoms. The van der Waals surface area contributed by atoms with Gasteiger partial charge in [0.2, 0.25) is 0 Å². The molecule has 186 valence electrons. The lowest BCUT2D eigenvalue weighted by molar-refractivity contribution is 0.0638. The highest BCUT2D eigenvalue weighted by Crippen LogP contribution is 2.45. The number of aromatic nitrogens is 2. The van der Waals surface area contributed by atoms with E-state index in [-0.39, 0.29) is 11.4 Å². The predicted molar refractivity (Wildman–Crippen MR) is 145 cm³/mol. The van der Waals surface area contributed by atoms with Crippen LogP contribution in [0.3, 0.4) is 0 Å². The average Bonchev–Trinajstić information content (AvgIpc) is 3.54. The van der Waals surface area contributed by atoms with Crippen molar-refractivity contribution in [1.29, 1.82) is 0 Å². The first-order valence-electron chi connectivity index (χ1n) is 12.0. The number of ether oxygens (including phenoxy) is 2. The quantitative estimate of drug-likeness (QED) is 0.318. The topological polar surface area (TPSA) is 56.6 Å². The van der Waals surface area contributed by atoms with Gasteiger partial charge >= 0.3 is 0 Å². The van der Waals surface area contributed by atoms with Crippen molar-refractivity contribution in [2.24, 2.45) is 0 Å². The van der Waals surface area contributed by atoms with Crippen molar-refractivity contribution in [3.63, 3.8) is 0 Å². The third-order valence-electron chi connectivity index (χ3n) is 6.91. The molecule has 0 saturated carbocycles. The number of thiophene rings is 1. The summed E-state index contributed by atoms with van der Waals surface area (Å²) in [5.74, 6) is 1.98. The molecule has 6 nitrogen and oxygen atoms in total. The Kier molecular flexibility index (Phi) is 6.12. The number of rotatable bonds is 5. The van der Waals surface area contributed by atoms with Gasteiger partial charge in [-0.1, -0.05) is 24.3 Å². The van der Waals surface area contributed by atoms with E-state index in [1.165, 1.54) is 5.56 Å². The van der Waals surface area contributed by atoms with Gasteiger partial charge in [0.1, 0.15) is 17.2 Å². The van der Waals surface area contributed by atoms with E-state index in [1.807, 2.05) is 63.5 Å². The molecule has 4 aromatic rings. The first kappa shape index (κ1) is 24.1. The fourth-order valence-electron chi connectivity index (χ4n) is 4.67. The Bertz CT molecular complexity index is 1430. The van der Waals surface area contributed by atoms with Crippen LogP contribution in [-0.4, -0.2) is 47.2 Å². The molecule has 0 bridgehead atoms. The fraction of sp³-hybridized carbons (Fsp3) is 0.310. The Hall–Kier alpha value is -3.58. The molecule has 2 aromatic carbocycles. The van der Waals surface area contributed by atoms with E-state index < -0.39 is 0 Å². The highest BCUT2D eigenvalue weighted by molar-refractivity contribution is 7.13. The Morgan fingerprint density at radius 2 is 1.75 bits per heavy atom. The van der Waals surface area contributed by atoms with E-state index in [4.69, 9.17) is 14.5 Å². The number of carbonyl (C=O) groups is 1. The first-order chi connectivity index (χ1) is 17.2. The maximum Gasteiger partial charge on any atom is 0.290 e. The molecule has 1 aliphatic rings. The normalized spacial score (nSPS) is 12.6. The lowest BCUT2D eigenvalue weighted by Crippen LogP contribution is -2.43. The minimum absolute atomic E-state index is 0.0755. The Morgan fingerprint density at radius 1 is 1.00 bits per heavy atom. The number of amides is 1. The number of para-hydroxylation sites is 1. The van der Waals surface area contributed by atoms with Gasteiger partial charge in [-0.15, -0.1) is 11.3 Å². The van der Waals surface area contributed by atoms with Crippen LogP contribution in [-0.2, 0) is 13.0 Å². The summed E-state index contributed by atoms with van der Waals surface area (Å²) in [6.07, 6.45) is 0.782. The molecule has 0 radical (unpaired) electrons. The summed E-state index contributed by atoms with van der Waals surface area (Å²) in [4.78, 5) is 21.4. The summed E-state index contributed by atoms with van der Waals surface area (Å²) in [5.41, 5.74) is 5.65. The standard InChI is InChI=1S/C29H31N3O3S/c1-29(2,3)31(4)28(33)27-30-25(24-12-9-15-36-24)26-20-17-21(19-10-7-8-11-22(19)34-5)23(35-6)16-18(20)13-14-32(26)27/h7-12,15-17H,13-14H2,1-6H3. The second-order valence-electron chi connectivity index (χ2n) is 9.96. The molecular weight excluding hydrogens is 470 g/mol. The van der Waals surface area contributed by atoms with Gasteiger partial charge in [-0.3, -0.25) is 4.79 Å². The lowest BCUT2D eigenvalue weighted by Gasteiger charge is -2.32. The highest BCUT2D eigenvalue weighted by atomic mass is 32.1. The van der Waals surface area contributed by atoms with Crippen molar-refractivity contribution in [3.8, 4) is 44.5 Å². The van der Waals surface area contributed by atoms with Crippen LogP contribution in [0.1, 0.15) is 37.0 Å². The van der Waals surface area contributed by atoms with Gasteiger partial charge in [-0.2, -0.15) is 0 Å². The molecule has 0 fully saturated rings. The zero-order valence-electron chi connectivity index (χ0n) is 21.6. The molecule has 0 unspecified atom stereocenters. The van der Waals surface area contributed by atoms with Gasteiger partial charge in [-0.05, 0) is 62.4 Å². The molecular formula is C29H31N3O3S. The number of hydrogen-bond acceptors (Lipinski definition) is 5. The summed E-state index contributed by atoms with van der Waals surface area (Å²) in [6, 6.07) is 16.3. The number of benzene rings is 2. The second-order valence-corrected chi connectivity index (χ2v) is 10.9. The maximum atomic E-state index is 13.6. The monoisotopic (exact) mass is 501 g/mol. The number of hydrogen-bond donors (Lipinski definition) is 0. The molecule has 2 aromatic heterocycles. The van der Waals surface area contributed by atoms with Crippen molar-refractivity contribution in [3.05, 3.63) is 65.3 Å². The van der Waals surface area contributed by atoms with Gasteiger partial charge < -0.3 is 18.9 Å². The first-order valence-corrected chi connectivity index (χ1v) is 12.9. The molecule has 0 aliphatic carbocycles. The smallest absolute Gasteiger partial charge is 0.290 e. The van der Waals surface area contributed by atoms with Gasteiger partial charge in [-0.25, -0.2) is 4.98 Å². The number of methoxy groups -OCH3 is 2. The average molecular weight is 502 g/mol. The molecule has 7 heteroatoms. The number of imidazole rings is 1. The van der Waals surface area contributed by atoms with Gasteiger partial charge in [0.25, 0.3) is 5.91 Å². The lowest BCUT2D eigenvalue weighted by atomic mass is 9.91. The van der Waals surface area contributed by atoms with Crippen LogP contribution in [0.4, 0.5) is 0 Å².